The molecule has 0 radical (unpaired) electrons. The molecule has 1 aliphatic rings. The first kappa shape index (κ1) is 15.4. The Morgan fingerprint density at radius 3 is 2.60 bits per heavy atom. The topological polar surface area (TPSA) is 64.4 Å². The van der Waals surface area contributed by atoms with E-state index in [9.17, 15) is 10.1 Å². The number of nitro groups is 1. The normalized spacial score (nSPS) is 18.8. The number of rotatable bonds is 5. The second-order valence-corrected chi connectivity index (χ2v) is 5.59. The van der Waals surface area contributed by atoms with E-state index < -0.39 is 4.92 Å². The fourth-order valence-corrected chi connectivity index (χ4v) is 2.85. The lowest BCUT2D eigenvalue weighted by Crippen LogP contribution is -2.35. The van der Waals surface area contributed by atoms with E-state index in [4.69, 9.17) is 27.9 Å². The highest BCUT2D eigenvalue weighted by Crippen LogP contribution is 2.36. The van der Waals surface area contributed by atoms with Crippen molar-refractivity contribution in [2.75, 3.05) is 13.2 Å². The molecular formula is C13H16Cl2N2O3. The maximum atomic E-state index is 10.7. The molecule has 5 nitrogen and oxygen atoms in total. The molecular weight excluding hydrogens is 303 g/mol. The molecule has 1 unspecified atom stereocenters. The number of benzene rings is 1. The summed E-state index contributed by atoms with van der Waals surface area (Å²) in [5.74, 6) is 0.315. The van der Waals surface area contributed by atoms with Crippen molar-refractivity contribution in [3.05, 3.63) is 32.3 Å². The fourth-order valence-electron chi connectivity index (χ4n) is 2.26. The van der Waals surface area contributed by atoms with Crippen LogP contribution >= 0.6 is 23.2 Å². The molecule has 0 spiro atoms. The lowest BCUT2D eigenvalue weighted by Gasteiger charge is -2.23. The molecule has 0 saturated carbocycles. The summed E-state index contributed by atoms with van der Waals surface area (Å²) in [5.41, 5.74) is -0.138. The highest BCUT2D eigenvalue weighted by molar-refractivity contribution is 6.37. The first-order valence-corrected chi connectivity index (χ1v) is 7.33. The Morgan fingerprint density at radius 2 is 2.05 bits per heavy atom. The largest absolute Gasteiger partial charge is 0.490 e. The van der Waals surface area contributed by atoms with Crippen molar-refractivity contribution in [2.45, 2.75) is 31.7 Å². The van der Waals surface area contributed by atoms with Gasteiger partial charge in [-0.3, -0.25) is 10.1 Å². The molecule has 1 aliphatic heterocycles. The van der Waals surface area contributed by atoms with Gasteiger partial charge in [-0.2, -0.15) is 0 Å². The van der Waals surface area contributed by atoms with Crippen molar-refractivity contribution in [3.8, 4) is 5.75 Å². The lowest BCUT2D eigenvalue weighted by molar-refractivity contribution is -0.384. The molecule has 0 bridgehead atoms. The monoisotopic (exact) mass is 318 g/mol. The van der Waals surface area contributed by atoms with Crippen molar-refractivity contribution in [2.24, 2.45) is 0 Å². The standard InChI is InChI=1S/C13H16Cl2N2O3/c14-11-7-10(17(18)19)8-12(15)13(11)20-6-4-9-3-1-2-5-16-9/h7-9,16H,1-6H2. The van der Waals surface area contributed by atoms with Gasteiger partial charge in [0.1, 0.15) is 0 Å². The van der Waals surface area contributed by atoms with Crippen LogP contribution in [0.3, 0.4) is 0 Å². The number of ether oxygens (including phenoxy) is 1. The summed E-state index contributed by atoms with van der Waals surface area (Å²) in [7, 11) is 0. The van der Waals surface area contributed by atoms with Crippen molar-refractivity contribution in [1.82, 2.24) is 5.32 Å². The molecule has 2 rings (SSSR count). The Balaban J connectivity index is 1.93. The number of hydrogen-bond acceptors (Lipinski definition) is 4. The highest BCUT2D eigenvalue weighted by Gasteiger charge is 2.17. The van der Waals surface area contributed by atoms with Crippen LogP contribution < -0.4 is 10.1 Å². The summed E-state index contributed by atoms with van der Waals surface area (Å²) in [6.45, 7) is 1.53. The average Bonchev–Trinajstić information content (AvgIpc) is 2.42. The SMILES string of the molecule is O=[N+]([O-])c1cc(Cl)c(OCCC2CCCCN2)c(Cl)c1. The van der Waals surface area contributed by atoms with Crippen LogP contribution in [0.2, 0.25) is 10.0 Å². The van der Waals surface area contributed by atoms with Crippen LogP contribution in [0.5, 0.6) is 5.75 Å². The molecule has 7 heteroatoms. The summed E-state index contributed by atoms with van der Waals surface area (Å²) >= 11 is 11.9. The van der Waals surface area contributed by atoms with Gasteiger partial charge in [0, 0.05) is 18.2 Å². The van der Waals surface area contributed by atoms with Gasteiger partial charge >= 0.3 is 0 Å². The molecule has 0 aromatic heterocycles. The smallest absolute Gasteiger partial charge is 0.272 e. The highest BCUT2D eigenvalue weighted by atomic mass is 35.5. The van der Waals surface area contributed by atoms with Crippen LogP contribution in [0.4, 0.5) is 5.69 Å². The maximum Gasteiger partial charge on any atom is 0.272 e. The number of nitrogens with one attached hydrogen (secondary N) is 1. The molecule has 1 fully saturated rings. The van der Waals surface area contributed by atoms with Crippen LogP contribution in [0.15, 0.2) is 12.1 Å². The summed E-state index contributed by atoms with van der Waals surface area (Å²) in [6.07, 6.45) is 4.46. The van der Waals surface area contributed by atoms with Crippen molar-refractivity contribution < 1.29 is 9.66 Å². The first-order chi connectivity index (χ1) is 9.58. The van der Waals surface area contributed by atoms with E-state index >= 15 is 0 Å². The lowest BCUT2D eigenvalue weighted by atomic mass is 10.0. The number of halogens is 2. The number of nitrogens with zero attached hydrogens (tertiary/aromatic N) is 1. The summed E-state index contributed by atoms with van der Waals surface area (Å²) < 4.78 is 5.58. The van der Waals surface area contributed by atoms with E-state index in [1.54, 1.807) is 0 Å². The van der Waals surface area contributed by atoms with E-state index in [1.807, 2.05) is 0 Å². The number of non-ortho nitro benzene ring substituents is 1. The van der Waals surface area contributed by atoms with Gasteiger partial charge in [0.2, 0.25) is 0 Å². The minimum absolute atomic E-state index is 0.138. The molecule has 110 valence electrons. The molecule has 1 N–H and O–H groups in total. The Morgan fingerprint density at radius 1 is 1.35 bits per heavy atom. The van der Waals surface area contributed by atoms with Gasteiger partial charge in [0.25, 0.3) is 5.69 Å². The van der Waals surface area contributed by atoms with Gasteiger partial charge < -0.3 is 10.1 Å². The van der Waals surface area contributed by atoms with Gasteiger partial charge in [-0.25, -0.2) is 0 Å². The van der Waals surface area contributed by atoms with Crippen LogP contribution in [-0.4, -0.2) is 24.1 Å². The van der Waals surface area contributed by atoms with E-state index in [0.717, 1.165) is 19.4 Å². The van der Waals surface area contributed by atoms with Crippen LogP contribution in [0.1, 0.15) is 25.7 Å². The first-order valence-electron chi connectivity index (χ1n) is 6.57. The second kappa shape index (κ2) is 7.11. The van der Waals surface area contributed by atoms with Gasteiger partial charge in [0.05, 0.1) is 21.6 Å². The molecule has 1 atom stereocenters. The van der Waals surface area contributed by atoms with E-state index in [2.05, 4.69) is 5.32 Å². The van der Waals surface area contributed by atoms with Crippen LogP contribution in [0.25, 0.3) is 0 Å². The fraction of sp³-hybridized carbons (Fsp3) is 0.538. The molecule has 0 amide bonds. The third kappa shape index (κ3) is 3.98. The molecule has 1 saturated heterocycles. The van der Waals surface area contributed by atoms with Crippen LogP contribution in [-0.2, 0) is 0 Å². The molecule has 1 aromatic rings. The summed E-state index contributed by atoms with van der Waals surface area (Å²) in [4.78, 5) is 10.1. The molecule has 20 heavy (non-hydrogen) atoms. The predicted molar refractivity (Wildman–Crippen MR) is 78.9 cm³/mol. The average molecular weight is 319 g/mol. The maximum absolute atomic E-state index is 10.7. The van der Waals surface area contributed by atoms with Crippen molar-refractivity contribution >= 4 is 28.9 Å². The minimum Gasteiger partial charge on any atom is -0.490 e. The Hall–Kier alpha value is -1.04. The summed E-state index contributed by atoms with van der Waals surface area (Å²) in [5, 5.41) is 14.4. The molecule has 1 heterocycles. The van der Waals surface area contributed by atoms with Gasteiger partial charge in [-0.05, 0) is 25.8 Å². The Kier molecular flexibility index (Phi) is 5.46. The zero-order valence-corrected chi connectivity index (χ0v) is 12.4. The minimum atomic E-state index is -0.534. The predicted octanol–water partition coefficient (Wildman–Crippen LogP) is 3.81. The van der Waals surface area contributed by atoms with E-state index in [0.29, 0.717) is 18.4 Å². The summed E-state index contributed by atoms with van der Waals surface area (Å²) in [6, 6.07) is 2.96. The van der Waals surface area contributed by atoms with Crippen molar-refractivity contribution in [1.29, 1.82) is 0 Å². The van der Waals surface area contributed by atoms with Crippen molar-refractivity contribution in [3.63, 3.8) is 0 Å². The van der Waals surface area contributed by atoms with Gasteiger partial charge in [-0.15, -0.1) is 0 Å². The van der Waals surface area contributed by atoms with Crippen LogP contribution in [0, 0.1) is 10.1 Å². The third-order valence-electron chi connectivity index (χ3n) is 3.32. The number of hydrogen-bond donors (Lipinski definition) is 1. The number of piperidine rings is 1. The molecule has 1 aromatic carbocycles. The zero-order chi connectivity index (χ0) is 14.5. The quantitative estimate of drug-likeness (QED) is 0.662. The molecule has 0 aliphatic carbocycles. The van der Waals surface area contributed by atoms with Gasteiger partial charge in [-0.1, -0.05) is 29.6 Å². The van der Waals surface area contributed by atoms with Gasteiger partial charge in [0.15, 0.2) is 5.75 Å². The van der Waals surface area contributed by atoms with E-state index in [1.165, 1.54) is 25.0 Å². The second-order valence-electron chi connectivity index (χ2n) is 4.78. The Bertz CT molecular complexity index is 467. The van der Waals surface area contributed by atoms with E-state index in [-0.39, 0.29) is 15.7 Å². The zero-order valence-electron chi connectivity index (χ0n) is 10.9. The Labute approximate surface area is 127 Å². The third-order valence-corrected chi connectivity index (χ3v) is 3.88. The number of nitro benzene ring substituents is 1.